The smallest absolute Gasteiger partial charge is 0.275 e. The minimum Gasteiger partial charge on any atom is -0.489 e. The number of piperazine rings is 1. The van der Waals surface area contributed by atoms with Gasteiger partial charge in [0.2, 0.25) is 0 Å². The zero-order valence-corrected chi connectivity index (χ0v) is 26.1. The number of likely N-dealkylation sites (tertiary alicyclic amines) is 1. The molecule has 5 aliphatic rings. The lowest BCUT2D eigenvalue weighted by Crippen LogP contribution is -2.74. The van der Waals surface area contributed by atoms with Gasteiger partial charge in [-0.25, -0.2) is 9.97 Å². The van der Waals surface area contributed by atoms with Crippen molar-refractivity contribution >= 4 is 17.5 Å². The summed E-state index contributed by atoms with van der Waals surface area (Å²) in [5.41, 5.74) is 1.51. The Morgan fingerprint density at radius 1 is 1.12 bits per heavy atom. The highest BCUT2D eigenvalue weighted by Crippen LogP contribution is 2.59. The van der Waals surface area contributed by atoms with Crippen LogP contribution in [0.1, 0.15) is 87.2 Å². The summed E-state index contributed by atoms with van der Waals surface area (Å²) in [6.45, 7) is 11.3. The molecule has 224 valence electrons. The lowest BCUT2D eigenvalue weighted by atomic mass is 9.49. The van der Waals surface area contributed by atoms with Gasteiger partial charge in [-0.1, -0.05) is 45.2 Å². The molecule has 0 spiro atoms. The number of amides is 1. The number of benzene rings is 1. The second-order valence-corrected chi connectivity index (χ2v) is 14.7. The van der Waals surface area contributed by atoms with Gasteiger partial charge in [-0.2, -0.15) is 5.26 Å². The van der Waals surface area contributed by atoms with Gasteiger partial charge >= 0.3 is 0 Å². The number of fused-ring (bicyclic) bond motifs is 3. The van der Waals surface area contributed by atoms with Crippen molar-refractivity contribution in [1.82, 2.24) is 25.1 Å². The molecule has 2 bridgehead atoms. The lowest BCUT2D eigenvalue weighted by Gasteiger charge is -2.65. The first kappa shape index (κ1) is 28.6. The fourth-order valence-electron chi connectivity index (χ4n) is 9.13. The van der Waals surface area contributed by atoms with Crippen LogP contribution in [-0.4, -0.2) is 69.0 Å². The number of halogens is 1. The highest BCUT2D eigenvalue weighted by molar-refractivity contribution is 6.31. The van der Waals surface area contributed by atoms with Crippen LogP contribution in [0.3, 0.4) is 0 Å². The predicted molar refractivity (Wildman–Crippen MR) is 163 cm³/mol. The number of ether oxygens (including phenoxy) is 1. The average Bonchev–Trinajstić information content (AvgIpc) is 3.70. The molecule has 2 unspecified atom stereocenters. The quantitative estimate of drug-likeness (QED) is 0.506. The normalized spacial score (nSPS) is 32.0. The zero-order valence-electron chi connectivity index (χ0n) is 25.4. The van der Waals surface area contributed by atoms with Crippen LogP contribution < -0.4 is 10.1 Å². The van der Waals surface area contributed by atoms with Gasteiger partial charge in [0.25, 0.3) is 5.91 Å². The second kappa shape index (κ2) is 10.5. The number of carbonyl (C=O) groups is 1. The number of nitrogens with one attached hydrogen (secondary N) is 1. The Morgan fingerprint density at radius 3 is 2.53 bits per heavy atom. The van der Waals surface area contributed by atoms with Gasteiger partial charge in [-0.15, -0.1) is 0 Å². The standard InChI is InChI=1S/C34H39ClN6O2/c1-33(2)31(34(3,4)32(33)43-26-12-8-21(15-36)27(35)14-26)41-19-28-29(30(41)42)38-16-22(39-28)9-5-20-6-10-24(11-7-20)40-18-23-13-25(40)17-37-23/h8,12,14,16,20,23-25,31-32,37H,6-7,10-11,13,17-19H2,1-4H3/t20?,23?,24?,25?,31-,32-. The second-order valence-electron chi connectivity index (χ2n) is 14.2. The number of carbonyl (C=O) groups excluding carboxylic acids is 1. The van der Waals surface area contributed by atoms with E-state index in [1.54, 1.807) is 24.4 Å². The Hall–Kier alpha value is -3.17. The van der Waals surface area contributed by atoms with Gasteiger partial charge in [0.15, 0.2) is 5.69 Å². The molecular formula is C34H39ClN6O2. The first-order valence-corrected chi connectivity index (χ1v) is 16.0. The van der Waals surface area contributed by atoms with Crippen molar-refractivity contribution in [2.45, 2.75) is 96.6 Å². The molecule has 2 saturated heterocycles. The third-order valence-corrected chi connectivity index (χ3v) is 11.0. The summed E-state index contributed by atoms with van der Waals surface area (Å²) in [6, 6.07) is 9.29. The number of nitriles is 1. The van der Waals surface area contributed by atoms with Gasteiger partial charge in [-0.3, -0.25) is 9.69 Å². The Morgan fingerprint density at radius 2 is 1.88 bits per heavy atom. The van der Waals surface area contributed by atoms with Crippen LogP contribution in [0, 0.1) is 39.9 Å². The van der Waals surface area contributed by atoms with E-state index in [0.717, 1.165) is 25.4 Å². The number of aromatic nitrogens is 2. The fraction of sp³-hybridized carbons (Fsp3) is 0.588. The summed E-state index contributed by atoms with van der Waals surface area (Å²) in [6.07, 6.45) is 7.51. The molecule has 2 atom stereocenters. The Labute approximate surface area is 259 Å². The van der Waals surface area contributed by atoms with E-state index in [2.05, 4.69) is 60.8 Å². The van der Waals surface area contributed by atoms with E-state index in [0.29, 0.717) is 58.0 Å². The van der Waals surface area contributed by atoms with Crippen molar-refractivity contribution < 1.29 is 9.53 Å². The van der Waals surface area contributed by atoms with Crippen LogP contribution in [0.4, 0.5) is 0 Å². The Bertz CT molecular complexity index is 1550. The molecule has 1 N–H and O–H groups in total. The van der Waals surface area contributed by atoms with E-state index in [-0.39, 0.29) is 28.9 Å². The van der Waals surface area contributed by atoms with Gasteiger partial charge < -0.3 is 15.0 Å². The van der Waals surface area contributed by atoms with Crippen LogP contribution in [0.25, 0.3) is 0 Å². The van der Waals surface area contributed by atoms with E-state index in [4.69, 9.17) is 21.3 Å². The molecule has 4 heterocycles. The van der Waals surface area contributed by atoms with Gasteiger partial charge in [0.05, 0.1) is 29.0 Å². The van der Waals surface area contributed by atoms with Gasteiger partial charge in [-0.05, 0) is 50.2 Å². The monoisotopic (exact) mass is 598 g/mol. The molecule has 2 saturated carbocycles. The molecule has 2 aromatic rings. The van der Waals surface area contributed by atoms with Crippen molar-refractivity contribution in [2.24, 2.45) is 16.7 Å². The molecule has 2 aliphatic carbocycles. The molecule has 1 amide bonds. The van der Waals surface area contributed by atoms with E-state index < -0.39 is 0 Å². The van der Waals surface area contributed by atoms with Crippen molar-refractivity contribution in [1.29, 1.82) is 5.26 Å². The topological polar surface area (TPSA) is 94.4 Å². The maximum Gasteiger partial charge on any atom is 0.275 e. The molecule has 43 heavy (non-hydrogen) atoms. The van der Waals surface area contributed by atoms with Crippen molar-refractivity contribution in [2.75, 3.05) is 13.1 Å². The minimum absolute atomic E-state index is 0.0753. The van der Waals surface area contributed by atoms with E-state index in [1.165, 1.54) is 25.8 Å². The molecule has 3 aliphatic heterocycles. The largest absolute Gasteiger partial charge is 0.489 e. The summed E-state index contributed by atoms with van der Waals surface area (Å²) in [5, 5.41) is 13.2. The van der Waals surface area contributed by atoms with Crippen LogP contribution in [0.15, 0.2) is 24.4 Å². The molecule has 8 nitrogen and oxygen atoms in total. The average molecular weight is 599 g/mol. The maximum atomic E-state index is 13.6. The molecule has 7 rings (SSSR count). The van der Waals surface area contributed by atoms with Gasteiger partial charge in [0, 0.05) is 60.1 Å². The fourth-order valence-corrected chi connectivity index (χ4v) is 9.35. The van der Waals surface area contributed by atoms with E-state index in [1.807, 2.05) is 4.90 Å². The van der Waals surface area contributed by atoms with Crippen molar-refractivity contribution in [3.05, 3.63) is 52.1 Å². The maximum absolute atomic E-state index is 13.6. The van der Waals surface area contributed by atoms with Gasteiger partial charge in [0.1, 0.15) is 23.6 Å². The first-order valence-electron chi connectivity index (χ1n) is 15.6. The molecule has 1 aromatic carbocycles. The Kier molecular flexibility index (Phi) is 6.97. The summed E-state index contributed by atoms with van der Waals surface area (Å²) < 4.78 is 6.43. The van der Waals surface area contributed by atoms with Crippen LogP contribution in [-0.2, 0) is 6.54 Å². The van der Waals surface area contributed by atoms with Crippen LogP contribution in [0.2, 0.25) is 5.02 Å². The first-order chi connectivity index (χ1) is 20.6. The van der Waals surface area contributed by atoms with Crippen molar-refractivity contribution in [3.8, 4) is 23.7 Å². The highest BCUT2D eigenvalue weighted by Gasteiger charge is 2.67. The summed E-state index contributed by atoms with van der Waals surface area (Å²) in [7, 11) is 0. The number of hydrogen-bond acceptors (Lipinski definition) is 7. The Balaban J connectivity index is 1.00. The molecule has 0 radical (unpaired) electrons. The summed E-state index contributed by atoms with van der Waals surface area (Å²) in [5.74, 6) is 7.70. The van der Waals surface area contributed by atoms with Crippen LogP contribution in [0.5, 0.6) is 5.75 Å². The zero-order chi connectivity index (χ0) is 30.1. The summed E-state index contributed by atoms with van der Waals surface area (Å²) in [4.78, 5) is 27.6. The lowest BCUT2D eigenvalue weighted by molar-refractivity contribution is -0.199. The SMILES string of the molecule is CC1(C)[C@H](Oc2ccc(C#N)c(Cl)c2)C(C)(C)[C@H]1N1Cc2nc(C#CC3CCC(N4CC5CC4CN5)CC3)cnc2C1=O. The van der Waals surface area contributed by atoms with Crippen molar-refractivity contribution in [3.63, 3.8) is 0 Å². The summed E-state index contributed by atoms with van der Waals surface area (Å²) >= 11 is 6.26. The van der Waals surface area contributed by atoms with E-state index in [9.17, 15) is 10.1 Å². The molecule has 4 fully saturated rings. The number of nitrogens with zero attached hydrogens (tertiary/aromatic N) is 5. The third kappa shape index (κ3) is 4.79. The number of rotatable bonds is 4. The molecular weight excluding hydrogens is 560 g/mol. The minimum atomic E-state index is -0.339. The predicted octanol–water partition coefficient (Wildman–Crippen LogP) is 4.80. The molecule has 1 aromatic heterocycles. The molecule has 9 heteroatoms. The van der Waals surface area contributed by atoms with Crippen LogP contribution >= 0.6 is 11.6 Å². The van der Waals surface area contributed by atoms with E-state index >= 15 is 0 Å². The third-order valence-electron chi connectivity index (χ3n) is 10.7. The number of hydrogen-bond donors (Lipinski definition) is 1. The highest BCUT2D eigenvalue weighted by atomic mass is 35.5.